The van der Waals surface area contributed by atoms with Gasteiger partial charge in [0.1, 0.15) is 11.6 Å². The average Bonchev–Trinajstić information content (AvgIpc) is 3.04. The molecule has 1 fully saturated rings. The third kappa shape index (κ3) is 3.92. The van der Waals surface area contributed by atoms with Crippen LogP contribution in [0.25, 0.3) is 5.76 Å². The number of hydrogen-bond donors (Lipinski definition) is 1. The molecule has 1 amide bonds. The van der Waals surface area contributed by atoms with Crippen LogP contribution in [-0.2, 0) is 15.0 Å². The number of aromatic nitrogens is 1. The standard InChI is InChI=1S/C26H23ClN2O3/c1-26(2,3)18-11-7-16(8-12-18)22-21(23(30)17-9-13-19(27)14-10-17)24(31)25(32)29(22)20-6-4-5-15-28-20/h4-15,22,30H,1-3H3/b23-21+/t22-/m0/s1. The van der Waals surface area contributed by atoms with Gasteiger partial charge in [0.25, 0.3) is 5.78 Å². The van der Waals surface area contributed by atoms with Gasteiger partial charge in [0.05, 0.1) is 11.6 Å². The van der Waals surface area contributed by atoms with E-state index in [9.17, 15) is 14.7 Å². The lowest BCUT2D eigenvalue weighted by Gasteiger charge is -2.25. The van der Waals surface area contributed by atoms with Crippen LogP contribution in [-0.4, -0.2) is 21.8 Å². The molecule has 5 nitrogen and oxygen atoms in total. The summed E-state index contributed by atoms with van der Waals surface area (Å²) in [6.45, 7) is 6.34. The molecule has 3 aromatic rings. The number of benzene rings is 2. The first-order valence-corrected chi connectivity index (χ1v) is 10.6. The fourth-order valence-corrected chi connectivity index (χ4v) is 3.94. The van der Waals surface area contributed by atoms with Gasteiger partial charge in [0, 0.05) is 16.8 Å². The van der Waals surface area contributed by atoms with Gasteiger partial charge in [-0.1, -0.05) is 62.7 Å². The number of rotatable bonds is 3. The summed E-state index contributed by atoms with van der Waals surface area (Å²) >= 11 is 5.97. The Balaban J connectivity index is 1.91. The molecule has 1 N–H and O–H groups in total. The van der Waals surface area contributed by atoms with Gasteiger partial charge in [0.2, 0.25) is 0 Å². The smallest absolute Gasteiger partial charge is 0.301 e. The molecule has 2 aromatic carbocycles. The number of ketones is 1. The quantitative estimate of drug-likeness (QED) is 0.320. The summed E-state index contributed by atoms with van der Waals surface area (Å²) < 4.78 is 0. The number of aliphatic hydroxyl groups is 1. The summed E-state index contributed by atoms with van der Waals surface area (Å²) in [5, 5.41) is 11.6. The molecular formula is C26H23ClN2O3. The van der Waals surface area contributed by atoms with E-state index in [1.165, 1.54) is 4.90 Å². The molecule has 0 spiro atoms. The van der Waals surface area contributed by atoms with E-state index in [1.807, 2.05) is 24.3 Å². The zero-order valence-electron chi connectivity index (χ0n) is 18.0. The lowest BCUT2D eigenvalue weighted by molar-refractivity contribution is -0.132. The summed E-state index contributed by atoms with van der Waals surface area (Å²) in [4.78, 5) is 31.8. The van der Waals surface area contributed by atoms with E-state index in [-0.39, 0.29) is 16.7 Å². The number of aliphatic hydroxyl groups excluding tert-OH is 1. The Labute approximate surface area is 192 Å². The Morgan fingerprint density at radius 1 is 0.969 bits per heavy atom. The number of carbonyl (C=O) groups excluding carboxylic acids is 2. The molecule has 2 heterocycles. The zero-order chi connectivity index (χ0) is 23.0. The highest BCUT2D eigenvalue weighted by atomic mass is 35.5. The number of Topliss-reactive ketones (excluding diaryl/α,β-unsaturated/α-hetero) is 1. The topological polar surface area (TPSA) is 70.5 Å². The maximum absolute atomic E-state index is 13.1. The van der Waals surface area contributed by atoms with E-state index < -0.39 is 17.7 Å². The first kappa shape index (κ1) is 21.8. The van der Waals surface area contributed by atoms with Crippen LogP contribution in [0.4, 0.5) is 5.82 Å². The molecule has 0 saturated carbocycles. The van der Waals surface area contributed by atoms with Crippen LogP contribution in [0.15, 0.2) is 78.5 Å². The van der Waals surface area contributed by atoms with Crippen molar-refractivity contribution in [2.24, 2.45) is 0 Å². The third-order valence-corrected chi connectivity index (χ3v) is 5.80. The molecule has 1 atom stereocenters. The molecule has 1 saturated heterocycles. The average molecular weight is 447 g/mol. The summed E-state index contributed by atoms with van der Waals surface area (Å²) in [6.07, 6.45) is 1.56. The monoisotopic (exact) mass is 446 g/mol. The minimum atomic E-state index is -0.811. The van der Waals surface area contributed by atoms with Crippen molar-refractivity contribution in [1.29, 1.82) is 0 Å². The van der Waals surface area contributed by atoms with Crippen molar-refractivity contribution in [2.45, 2.75) is 32.2 Å². The van der Waals surface area contributed by atoms with E-state index in [2.05, 4.69) is 25.8 Å². The first-order valence-electron chi connectivity index (χ1n) is 10.3. The molecule has 162 valence electrons. The van der Waals surface area contributed by atoms with Crippen LogP contribution in [0.2, 0.25) is 5.02 Å². The molecule has 32 heavy (non-hydrogen) atoms. The minimum absolute atomic E-state index is 0.0199. The maximum Gasteiger partial charge on any atom is 0.301 e. The van der Waals surface area contributed by atoms with Gasteiger partial charge in [-0.25, -0.2) is 4.98 Å². The lowest BCUT2D eigenvalue weighted by Crippen LogP contribution is -2.30. The van der Waals surface area contributed by atoms with Gasteiger partial charge in [-0.2, -0.15) is 0 Å². The minimum Gasteiger partial charge on any atom is -0.507 e. The highest BCUT2D eigenvalue weighted by molar-refractivity contribution is 6.51. The Bertz CT molecular complexity index is 1190. The Hall–Kier alpha value is -3.44. The second-order valence-electron chi connectivity index (χ2n) is 8.74. The molecule has 0 unspecified atom stereocenters. The van der Waals surface area contributed by atoms with E-state index >= 15 is 0 Å². The molecule has 0 aliphatic carbocycles. The number of nitrogens with zero attached hydrogens (tertiary/aromatic N) is 2. The van der Waals surface area contributed by atoms with Gasteiger partial charge >= 0.3 is 5.91 Å². The number of hydrogen-bond acceptors (Lipinski definition) is 4. The van der Waals surface area contributed by atoms with E-state index in [1.54, 1.807) is 48.7 Å². The van der Waals surface area contributed by atoms with Crippen LogP contribution >= 0.6 is 11.6 Å². The van der Waals surface area contributed by atoms with Gasteiger partial charge in [-0.05, 0) is 52.9 Å². The van der Waals surface area contributed by atoms with Crippen LogP contribution < -0.4 is 4.90 Å². The van der Waals surface area contributed by atoms with Crippen LogP contribution in [0.1, 0.15) is 43.5 Å². The lowest BCUT2D eigenvalue weighted by atomic mass is 9.85. The van der Waals surface area contributed by atoms with Crippen molar-refractivity contribution in [2.75, 3.05) is 4.90 Å². The van der Waals surface area contributed by atoms with Gasteiger partial charge in [-0.3, -0.25) is 14.5 Å². The summed E-state index contributed by atoms with van der Waals surface area (Å²) in [5.74, 6) is -1.39. The van der Waals surface area contributed by atoms with E-state index in [0.29, 0.717) is 22.0 Å². The number of pyridine rings is 1. The fourth-order valence-electron chi connectivity index (χ4n) is 3.81. The van der Waals surface area contributed by atoms with Crippen molar-refractivity contribution in [3.05, 3.63) is 100 Å². The predicted octanol–water partition coefficient (Wildman–Crippen LogP) is 5.66. The Morgan fingerprint density at radius 2 is 1.62 bits per heavy atom. The van der Waals surface area contributed by atoms with E-state index in [4.69, 9.17) is 11.6 Å². The summed E-state index contributed by atoms with van der Waals surface area (Å²) in [6, 6.07) is 18.6. The largest absolute Gasteiger partial charge is 0.507 e. The van der Waals surface area contributed by atoms with Gasteiger partial charge in [-0.15, -0.1) is 0 Å². The van der Waals surface area contributed by atoms with Crippen molar-refractivity contribution >= 4 is 34.9 Å². The van der Waals surface area contributed by atoms with Crippen molar-refractivity contribution in [1.82, 2.24) is 4.98 Å². The molecule has 6 heteroatoms. The molecule has 0 bridgehead atoms. The molecule has 4 rings (SSSR count). The normalized spacial score (nSPS) is 18.2. The third-order valence-electron chi connectivity index (χ3n) is 5.55. The number of amides is 1. The second kappa shape index (κ2) is 8.24. The van der Waals surface area contributed by atoms with Gasteiger partial charge < -0.3 is 5.11 Å². The number of halogens is 1. The highest BCUT2D eigenvalue weighted by Crippen LogP contribution is 2.42. The van der Waals surface area contributed by atoms with Gasteiger partial charge in [0.15, 0.2) is 0 Å². The molecular weight excluding hydrogens is 424 g/mol. The maximum atomic E-state index is 13.1. The molecule has 1 aromatic heterocycles. The fraction of sp³-hybridized carbons (Fsp3) is 0.192. The van der Waals surface area contributed by atoms with Crippen LogP contribution in [0.5, 0.6) is 0 Å². The SMILES string of the molecule is CC(C)(C)c1ccc([C@H]2/C(=C(\O)c3ccc(Cl)cc3)C(=O)C(=O)N2c2ccccn2)cc1. The summed E-state index contributed by atoms with van der Waals surface area (Å²) in [5.41, 5.74) is 2.20. The number of carbonyl (C=O) groups is 2. The molecule has 0 radical (unpaired) electrons. The molecule has 1 aliphatic rings. The van der Waals surface area contributed by atoms with E-state index in [0.717, 1.165) is 5.56 Å². The van der Waals surface area contributed by atoms with Crippen LogP contribution in [0, 0.1) is 0 Å². The first-order chi connectivity index (χ1) is 15.2. The Kier molecular flexibility index (Phi) is 5.61. The molecule has 1 aliphatic heterocycles. The summed E-state index contributed by atoms with van der Waals surface area (Å²) in [7, 11) is 0. The highest BCUT2D eigenvalue weighted by Gasteiger charge is 2.47. The van der Waals surface area contributed by atoms with Crippen molar-refractivity contribution in [3.63, 3.8) is 0 Å². The van der Waals surface area contributed by atoms with Crippen molar-refractivity contribution in [3.8, 4) is 0 Å². The Morgan fingerprint density at radius 3 is 2.19 bits per heavy atom. The van der Waals surface area contributed by atoms with Crippen molar-refractivity contribution < 1.29 is 14.7 Å². The van der Waals surface area contributed by atoms with Crippen LogP contribution in [0.3, 0.4) is 0 Å². The zero-order valence-corrected chi connectivity index (χ0v) is 18.8. The number of anilines is 1. The predicted molar refractivity (Wildman–Crippen MR) is 126 cm³/mol. The second-order valence-corrected chi connectivity index (χ2v) is 9.17.